The third kappa shape index (κ3) is 2.80. The van der Waals surface area contributed by atoms with E-state index in [0.717, 1.165) is 13.0 Å². The maximum atomic E-state index is 6.05. The Hall–Kier alpha value is -0.0800. The van der Waals surface area contributed by atoms with Crippen LogP contribution in [0.25, 0.3) is 0 Å². The van der Waals surface area contributed by atoms with Gasteiger partial charge in [-0.05, 0) is 38.6 Å². The third-order valence-corrected chi connectivity index (χ3v) is 2.73. The SMILES string of the molecule is NCCCCCC1(N)CCC1. The van der Waals surface area contributed by atoms with E-state index in [1.54, 1.807) is 0 Å². The van der Waals surface area contributed by atoms with E-state index in [2.05, 4.69) is 0 Å². The van der Waals surface area contributed by atoms with Crippen molar-refractivity contribution in [1.29, 1.82) is 0 Å². The molecule has 0 aliphatic heterocycles. The summed E-state index contributed by atoms with van der Waals surface area (Å²) in [5, 5.41) is 0. The second-order valence-corrected chi connectivity index (χ2v) is 3.82. The van der Waals surface area contributed by atoms with Crippen molar-refractivity contribution in [2.45, 2.75) is 50.5 Å². The van der Waals surface area contributed by atoms with E-state index in [1.165, 1.54) is 38.5 Å². The first-order valence-electron chi connectivity index (χ1n) is 4.76. The summed E-state index contributed by atoms with van der Waals surface area (Å²) in [6.45, 7) is 0.831. The molecule has 1 saturated carbocycles. The van der Waals surface area contributed by atoms with Crippen molar-refractivity contribution in [3.8, 4) is 0 Å². The summed E-state index contributed by atoms with van der Waals surface area (Å²) in [7, 11) is 0. The van der Waals surface area contributed by atoms with Crippen molar-refractivity contribution in [2.75, 3.05) is 6.54 Å². The fraction of sp³-hybridized carbons (Fsp3) is 1.00. The minimum atomic E-state index is 0.231. The summed E-state index contributed by atoms with van der Waals surface area (Å²) in [6.07, 6.45) is 8.74. The zero-order chi connectivity index (χ0) is 8.16. The van der Waals surface area contributed by atoms with Crippen LogP contribution in [0.15, 0.2) is 0 Å². The maximum Gasteiger partial charge on any atom is 0.0154 e. The molecule has 0 aromatic heterocycles. The van der Waals surface area contributed by atoms with Gasteiger partial charge in [0.1, 0.15) is 0 Å². The van der Waals surface area contributed by atoms with Crippen molar-refractivity contribution in [2.24, 2.45) is 11.5 Å². The van der Waals surface area contributed by atoms with Gasteiger partial charge in [-0.3, -0.25) is 0 Å². The van der Waals surface area contributed by atoms with Gasteiger partial charge in [-0.25, -0.2) is 0 Å². The monoisotopic (exact) mass is 156 g/mol. The molecule has 1 fully saturated rings. The average molecular weight is 156 g/mol. The lowest BCUT2D eigenvalue weighted by Gasteiger charge is -2.38. The van der Waals surface area contributed by atoms with Gasteiger partial charge in [0.15, 0.2) is 0 Å². The summed E-state index contributed by atoms with van der Waals surface area (Å²) < 4.78 is 0. The Bertz CT molecular complexity index is 108. The number of unbranched alkanes of at least 4 members (excludes halogenated alkanes) is 2. The van der Waals surface area contributed by atoms with Crippen LogP contribution in [-0.2, 0) is 0 Å². The molecule has 66 valence electrons. The summed E-state index contributed by atoms with van der Waals surface area (Å²) in [5.41, 5.74) is 11.7. The van der Waals surface area contributed by atoms with Crippen molar-refractivity contribution in [3.05, 3.63) is 0 Å². The molecule has 1 aliphatic rings. The van der Waals surface area contributed by atoms with E-state index in [4.69, 9.17) is 11.5 Å². The van der Waals surface area contributed by atoms with Crippen LogP contribution in [-0.4, -0.2) is 12.1 Å². The van der Waals surface area contributed by atoms with Crippen molar-refractivity contribution in [1.82, 2.24) is 0 Å². The molecule has 0 saturated heterocycles. The first-order chi connectivity index (χ1) is 5.27. The van der Waals surface area contributed by atoms with E-state index >= 15 is 0 Å². The zero-order valence-electron chi connectivity index (χ0n) is 7.31. The van der Waals surface area contributed by atoms with Gasteiger partial charge in [0.2, 0.25) is 0 Å². The normalized spacial score (nSPS) is 21.3. The van der Waals surface area contributed by atoms with Gasteiger partial charge in [0.25, 0.3) is 0 Å². The summed E-state index contributed by atoms with van der Waals surface area (Å²) in [5.74, 6) is 0. The lowest BCUT2D eigenvalue weighted by molar-refractivity contribution is 0.225. The molecule has 0 aromatic carbocycles. The lowest BCUT2D eigenvalue weighted by Crippen LogP contribution is -2.46. The summed E-state index contributed by atoms with van der Waals surface area (Å²) in [4.78, 5) is 0. The fourth-order valence-corrected chi connectivity index (χ4v) is 1.68. The first-order valence-corrected chi connectivity index (χ1v) is 4.76. The highest BCUT2D eigenvalue weighted by molar-refractivity contribution is 4.91. The van der Waals surface area contributed by atoms with E-state index in [0.29, 0.717) is 0 Å². The largest absolute Gasteiger partial charge is 0.330 e. The zero-order valence-corrected chi connectivity index (χ0v) is 7.31. The second-order valence-electron chi connectivity index (χ2n) is 3.82. The average Bonchev–Trinajstić information content (AvgIpc) is 1.95. The smallest absolute Gasteiger partial charge is 0.0154 e. The molecule has 2 heteroatoms. The predicted molar refractivity (Wildman–Crippen MR) is 48.3 cm³/mol. The highest BCUT2D eigenvalue weighted by Gasteiger charge is 2.31. The van der Waals surface area contributed by atoms with Gasteiger partial charge in [-0.2, -0.15) is 0 Å². The van der Waals surface area contributed by atoms with Crippen LogP contribution >= 0.6 is 0 Å². The highest BCUT2D eigenvalue weighted by atomic mass is 14.8. The Labute approximate surface area is 69.3 Å². The minimum Gasteiger partial charge on any atom is -0.330 e. The van der Waals surface area contributed by atoms with Gasteiger partial charge < -0.3 is 11.5 Å². The van der Waals surface area contributed by atoms with Crippen LogP contribution in [0, 0.1) is 0 Å². The Morgan fingerprint density at radius 2 is 1.82 bits per heavy atom. The van der Waals surface area contributed by atoms with Gasteiger partial charge in [0.05, 0.1) is 0 Å². The number of hydrogen-bond donors (Lipinski definition) is 2. The number of hydrogen-bond acceptors (Lipinski definition) is 2. The summed E-state index contributed by atoms with van der Waals surface area (Å²) in [6, 6.07) is 0. The van der Waals surface area contributed by atoms with Crippen LogP contribution in [0.5, 0.6) is 0 Å². The molecule has 0 spiro atoms. The molecule has 1 rings (SSSR count). The van der Waals surface area contributed by atoms with Gasteiger partial charge >= 0.3 is 0 Å². The van der Waals surface area contributed by atoms with Crippen LogP contribution in [0.3, 0.4) is 0 Å². The molecule has 2 nitrogen and oxygen atoms in total. The number of nitrogens with two attached hydrogens (primary N) is 2. The molecule has 0 amide bonds. The summed E-state index contributed by atoms with van der Waals surface area (Å²) >= 11 is 0. The third-order valence-electron chi connectivity index (χ3n) is 2.73. The first kappa shape index (κ1) is 9.01. The predicted octanol–water partition coefficient (Wildman–Crippen LogP) is 1.39. The molecule has 0 radical (unpaired) electrons. The number of rotatable bonds is 5. The van der Waals surface area contributed by atoms with Gasteiger partial charge in [0, 0.05) is 5.54 Å². The van der Waals surface area contributed by atoms with Crippen LogP contribution in [0.1, 0.15) is 44.9 Å². The van der Waals surface area contributed by atoms with Crippen LogP contribution < -0.4 is 11.5 Å². The molecule has 0 heterocycles. The van der Waals surface area contributed by atoms with Crippen molar-refractivity contribution < 1.29 is 0 Å². The Kier molecular flexibility index (Phi) is 3.34. The van der Waals surface area contributed by atoms with Gasteiger partial charge in [-0.1, -0.05) is 12.8 Å². The molecule has 11 heavy (non-hydrogen) atoms. The van der Waals surface area contributed by atoms with E-state index in [1.807, 2.05) is 0 Å². The highest BCUT2D eigenvalue weighted by Crippen LogP contribution is 2.33. The minimum absolute atomic E-state index is 0.231. The fourth-order valence-electron chi connectivity index (χ4n) is 1.68. The van der Waals surface area contributed by atoms with Crippen LogP contribution in [0.4, 0.5) is 0 Å². The Balaban J connectivity index is 1.94. The Morgan fingerprint density at radius 3 is 2.27 bits per heavy atom. The molecule has 0 aromatic rings. The van der Waals surface area contributed by atoms with Crippen molar-refractivity contribution in [3.63, 3.8) is 0 Å². The molecule has 1 aliphatic carbocycles. The molecule has 0 bridgehead atoms. The van der Waals surface area contributed by atoms with Crippen LogP contribution in [0.2, 0.25) is 0 Å². The van der Waals surface area contributed by atoms with E-state index in [9.17, 15) is 0 Å². The Morgan fingerprint density at radius 1 is 1.09 bits per heavy atom. The second kappa shape index (κ2) is 4.07. The molecular weight excluding hydrogens is 136 g/mol. The van der Waals surface area contributed by atoms with Gasteiger partial charge in [-0.15, -0.1) is 0 Å². The molecule has 0 atom stereocenters. The van der Waals surface area contributed by atoms with Crippen molar-refractivity contribution >= 4 is 0 Å². The van der Waals surface area contributed by atoms with E-state index in [-0.39, 0.29) is 5.54 Å². The molecule has 4 N–H and O–H groups in total. The molecular formula is C9H20N2. The lowest BCUT2D eigenvalue weighted by atomic mass is 9.74. The maximum absolute atomic E-state index is 6.05. The van der Waals surface area contributed by atoms with E-state index < -0.39 is 0 Å². The standard InChI is InChI=1S/C9H20N2/c10-8-3-1-2-5-9(11)6-4-7-9/h1-8,10-11H2. The quantitative estimate of drug-likeness (QED) is 0.591. The molecule has 0 unspecified atom stereocenters. The topological polar surface area (TPSA) is 52.0 Å².